The monoisotopic (exact) mass is 255 g/mol. The van der Waals surface area contributed by atoms with Crippen LogP contribution in [0.2, 0.25) is 5.02 Å². The van der Waals surface area contributed by atoms with Crippen LogP contribution in [0.25, 0.3) is 0 Å². The first kappa shape index (κ1) is 12.0. The topological polar surface area (TPSA) is 37.4 Å². The molecule has 1 atom stereocenters. The van der Waals surface area contributed by atoms with E-state index in [2.05, 4.69) is 0 Å². The van der Waals surface area contributed by atoms with E-state index in [0.717, 1.165) is 4.90 Å². The first-order valence-corrected chi connectivity index (χ1v) is 5.65. The van der Waals surface area contributed by atoms with Gasteiger partial charge in [0.1, 0.15) is 5.82 Å². The molecule has 0 aliphatic carbocycles. The molecule has 90 valence electrons. The highest BCUT2D eigenvalue weighted by atomic mass is 35.5. The summed E-state index contributed by atoms with van der Waals surface area (Å²) in [5.74, 6) is -1.19. The fourth-order valence-electron chi connectivity index (χ4n) is 1.85. The second kappa shape index (κ2) is 4.45. The van der Waals surface area contributed by atoms with Crippen LogP contribution in [0.3, 0.4) is 0 Å². The second-order valence-electron chi connectivity index (χ2n) is 4.16. The zero-order valence-corrected chi connectivity index (χ0v) is 10.00. The van der Waals surface area contributed by atoms with E-state index in [4.69, 9.17) is 11.6 Å². The first-order chi connectivity index (χ1) is 7.99. The number of benzene rings is 1. The molecule has 1 aromatic rings. The van der Waals surface area contributed by atoms with Crippen LogP contribution < -0.4 is 0 Å². The van der Waals surface area contributed by atoms with E-state index in [0.29, 0.717) is 10.6 Å². The van der Waals surface area contributed by atoms with E-state index >= 15 is 0 Å². The van der Waals surface area contributed by atoms with Gasteiger partial charge in [-0.1, -0.05) is 18.5 Å². The SMILES string of the molecule is C[C@H]1CC(=O)N(Cc2cc(F)ccc2Cl)C1=O. The molecule has 17 heavy (non-hydrogen) atoms. The van der Waals surface area contributed by atoms with Gasteiger partial charge in [-0.3, -0.25) is 14.5 Å². The minimum absolute atomic E-state index is 0.0403. The molecule has 2 amide bonds. The Labute approximate surface area is 103 Å². The van der Waals surface area contributed by atoms with Crippen molar-refractivity contribution in [1.29, 1.82) is 0 Å². The summed E-state index contributed by atoms with van der Waals surface area (Å²) in [5.41, 5.74) is 0.447. The van der Waals surface area contributed by atoms with Crippen molar-refractivity contribution in [3.05, 3.63) is 34.6 Å². The zero-order chi connectivity index (χ0) is 12.6. The van der Waals surface area contributed by atoms with E-state index in [1.165, 1.54) is 18.2 Å². The molecule has 1 heterocycles. The van der Waals surface area contributed by atoms with Crippen molar-refractivity contribution >= 4 is 23.4 Å². The second-order valence-corrected chi connectivity index (χ2v) is 4.57. The summed E-state index contributed by atoms with van der Waals surface area (Å²) < 4.78 is 13.0. The molecule has 0 unspecified atom stereocenters. The standard InChI is InChI=1S/C12H11ClFNO2/c1-7-4-11(16)15(12(7)17)6-8-5-9(14)2-3-10(8)13/h2-3,5,7H,4,6H2,1H3/t7-/m0/s1. The fourth-order valence-corrected chi connectivity index (χ4v) is 2.03. The lowest BCUT2D eigenvalue weighted by Gasteiger charge is -2.15. The molecule has 0 radical (unpaired) electrons. The highest BCUT2D eigenvalue weighted by Gasteiger charge is 2.35. The molecule has 0 saturated carbocycles. The molecule has 0 N–H and O–H groups in total. The smallest absolute Gasteiger partial charge is 0.232 e. The zero-order valence-electron chi connectivity index (χ0n) is 9.24. The van der Waals surface area contributed by atoms with E-state index < -0.39 is 5.82 Å². The van der Waals surface area contributed by atoms with E-state index in [9.17, 15) is 14.0 Å². The van der Waals surface area contributed by atoms with Crippen molar-refractivity contribution in [2.75, 3.05) is 0 Å². The average molecular weight is 256 g/mol. The summed E-state index contributed by atoms with van der Waals surface area (Å²) in [6, 6.07) is 3.90. The molecule has 0 spiro atoms. The Kier molecular flexibility index (Phi) is 3.15. The third kappa shape index (κ3) is 2.31. The van der Waals surface area contributed by atoms with Crippen molar-refractivity contribution in [2.45, 2.75) is 19.9 Å². The van der Waals surface area contributed by atoms with Gasteiger partial charge < -0.3 is 0 Å². The third-order valence-corrected chi connectivity index (χ3v) is 3.17. The molecule has 1 aromatic carbocycles. The predicted molar refractivity (Wildman–Crippen MR) is 60.7 cm³/mol. The highest BCUT2D eigenvalue weighted by Crippen LogP contribution is 2.24. The summed E-state index contributed by atoms with van der Waals surface area (Å²) in [6.07, 6.45) is 0.214. The quantitative estimate of drug-likeness (QED) is 0.761. The van der Waals surface area contributed by atoms with Crippen molar-refractivity contribution in [2.24, 2.45) is 5.92 Å². The summed E-state index contributed by atoms with van der Waals surface area (Å²) in [4.78, 5) is 24.4. The lowest BCUT2D eigenvalue weighted by Crippen LogP contribution is -2.29. The van der Waals surface area contributed by atoms with E-state index in [-0.39, 0.29) is 30.7 Å². The minimum Gasteiger partial charge on any atom is -0.278 e. The summed E-state index contributed by atoms with van der Waals surface area (Å²) in [7, 11) is 0. The maximum atomic E-state index is 13.0. The van der Waals surface area contributed by atoms with Crippen LogP contribution in [-0.2, 0) is 16.1 Å². The molecule has 5 heteroatoms. The molecule has 1 fully saturated rings. The first-order valence-electron chi connectivity index (χ1n) is 5.27. The number of hydrogen-bond donors (Lipinski definition) is 0. The molecular weight excluding hydrogens is 245 g/mol. The van der Waals surface area contributed by atoms with Crippen LogP contribution in [0.4, 0.5) is 4.39 Å². The van der Waals surface area contributed by atoms with Crippen molar-refractivity contribution in [3.8, 4) is 0 Å². The number of carbonyl (C=O) groups excluding carboxylic acids is 2. The number of rotatable bonds is 2. The Bertz CT molecular complexity index is 489. The molecule has 1 saturated heterocycles. The molecule has 2 rings (SSSR count). The van der Waals surface area contributed by atoms with Gasteiger partial charge >= 0.3 is 0 Å². The molecular formula is C12H11ClFNO2. The van der Waals surface area contributed by atoms with Gasteiger partial charge in [-0.15, -0.1) is 0 Å². The van der Waals surface area contributed by atoms with E-state index in [1.807, 2.05) is 0 Å². The van der Waals surface area contributed by atoms with Crippen LogP contribution in [-0.4, -0.2) is 16.7 Å². The van der Waals surface area contributed by atoms with E-state index in [1.54, 1.807) is 6.92 Å². The average Bonchev–Trinajstić information content (AvgIpc) is 2.50. The summed E-state index contributed by atoms with van der Waals surface area (Å²) in [5, 5.41) is 0.353. The number of amides is 2. The molecule has 1 aliphatic heterocycles. The van der Waals surface area contributed by atoms with Gasteiger partial charge in [-0.2, -0.15) is 0 Å². The van der Waals surface area contributed by atoms with Gasteiger partial charge in [0.05, 0.1) is 6.54 Å². The molecule has 1 aliphatic rings. The number of likely N-dealkylation sites (tertiary alicyclic amines) is 1. The maximum absolute atomic E-state index is 13.0. The van der Waals surface area contributed by atoms with Crippen LogP contribution in [0.1, 0.15) is 18.9 Å². The van der Waals surface area contributed by atoms with Crippen LogP contribution in [0, 0.1) is 11.7 Å². The molecule has 0 bridgehead atoms. The highest BCUT2D eigenvalue weighted by molar-refractivity contribution is 6.31. The van der Waals surface area contributed by atoms with Crippen molar-refractivity contribution < 1.29 is 14.0 Å². The van der Waals surface area contributed by atoms with Gasteiger partial charge in [0.15, 0.2) is 0 Å². The molecule has 3 nitrogen and oxygen atoms in total. The van der Waals surface area contributed by atoms with Crippen LogP contribution >= 0.6 is 11.6 Å². The lowest BCUT2D eigenvalue weighted by atomic mass is 10.1. The normalized spacial score (nSPS) is 20.2. The predicted octanol–water partition coefficient (Wildman–Crippen LogP) is 2.37. The number of halogens is 2. The third-order valence-electron chi connectivity index (χ3n) is 2.81. The Morgan fingerprint density at radius 3 is 2.76 bits per heavy atom. The number of carbonyl (C=O) groups is 2. The Hall–Kier alpha value is -1.42. The summed E-state index contributed by atoms with van der Waals surface area (Å²) >= 11 is 5.89. The van der Waals surface area contributed by atoms with Gasteiger partial charge in [0, 0.05) is 17.4 Å². The minimum atomic E-state index is -0.434. The Balaban J connectivity index is 2.24. The lowest BCUT2D eigenvalue weighted by molar-refractivity contribution is -0.139. The van der Waals surface area contributed by atoms with Crippen LogP contribution in [0.15, 0.2) is 18.2 Å². The van der Waals surface area contributed by atoms with Crippen molar-refractivity contribution in [1.82, 2.24) is 4.90 Å². The molecule has 0 aromatic heterocycles. The summed E-state index contributed by atoms with van der Waals surface area (Å²) in [6.45, 7) is 1.74. The fraction of sp³-hybridized carbons (Fsp3) is 0.333. The van der Waals surface area contributed by atoms with Gasteiger partial charge in [-0.05, 0) is 23.8 Å². The van der Waals surface area contributed by atoms with Gasteiger partial charge in [0.2, 0.25) is 11.8 Å². The van der Waals surface area contributed by atoms with Crippen LogP contribution in [0.5, 0.6) is 0 Å². The number of imide groups is 1. The van der Waals surface area contributed by atoms with Gasteiger partial charge in [-0.25, -0.2) is 4.39 Å². The Morgan fingerprint density at radius 1 is 1.47 bits per heavy atom. The number of nitrogens with zero attached hydrogens (tertiary/aromatic N) is 1. The van der Waals surface area contributed by atoms with Gasteiger partial charge in [0.25, 0.3) is 0 Å². The largest absolute Gasteiger partial charge is 0.278 e. The maximum Gasteiger partial charge on any atom is 0.232 e. The van der Waals surface area contributed by atoms with Crippen molar-refractivity contribution in [3.63, 3.8) is 0 Å². The Morgan fingerprint density at radius 2 is 2.18 bits per heavy atom. The number of hydrogen-bond acceptors (Lipinski definition) is 2.